The van der Waals surface area contributed by atoms with Crippen molar-refractivity contribution in [2.24, 2.45) is 35.5 Å². The molecule has 7 bridgehead atoms. The van der Waals surface area contributed by atoms with Crippen molar-refractivity contribution in [1.29, 1.82) is 0 Å². The van der Waals surface area contributed by atoms with Crippen LogP contribution in [0.1, 0.15) is 103 Å². The molecule has 1 saturated heterocycles. The highest BCUT2D eigenvalue weighted by atomic mass is 19.1. The Bertz CT molecular complexity index is 1560. The molecule has 8 aliphatic rings. The van der Waals surface area contributed by atoms with Crippen LogP contribution in [-0.4, -0.2) is 61.3 Å². The Morgan fingerprint density at radius 2 is 1.64 bits per heavy atom. The Morgan fingerprint density at radius 1 is 0.915 bits per heavy atom. The first-order chi connectivity index (χ1) is 22.5. The highest BCUT2D eigenvalue weighted by Crippen LogP contribution is 2.58. The highest BCUT2D eigenvalue weighted by Gasteiger charge is 2.56. The third-order valence-corrected chi connectivity index (χ3v) is 13.0. The van der Waals surface area contributed by atoms with E-state index in [1.165, 1.54) is 44.9 Å². The second-order valence-corrected chi connectivity index (χ2v) is 16.4. The minimum Gasteiger partial charge on any atom is -0.431 e. The van der Waals surface area contributed by atoms with Crippen molar-refractivity contribution in [2.45, 2.75) is 126 Å². The minimum absolute atomic E-state index is 0.0923. The third kappa shape index (κ3) is 5.22. The maximum atomic E-state index is 14.2. The van der Waals surface area contributed by atoms with Gasteiger partial charge in [0.1, 0.15) is 35.7 Å². The van der Waals surface area contributed by atoms with Gasteiger partial charge in [0.2, 0.25) is 0 Å². The van der Waals surface area contributed by atoms with Gasteiger partial charge in [0.25, 0.3) is 0 Å². The number of carbonyl (C=O) groups is 2. The molecule has 8 fully saturated rings. The lowest BCUT2D eigenvalue weighted by atomic mass is 9.54. The molecule has 0 amide bonds. The standard InChI is InChI=1S/C34H44FN5O7/c1-32(16-43-30(41)46-33-5-4-22-3-2-18(11-33)9-23(22)15-33)24(10-25(45-32)40-17-37-26-27(36)38-29(35)39-28(26)40)44-31(42)47-34-12-19-6-20(13-34)8-21(7-19)14-34/h17-25H,2-16H2,1H3,(H2,36,38,39)/t18?,19?,20?,21?,22?,23?,24-,25+,32+,33?,34?/m0/s1. The van der Waals surface area contributed by atoms with Crippen LogP contribution < -0.4 is 5.73 Å². The maximum Gasteiger partial charge on any atom is 0.509 e. The van der Waals surface area contributed by atoms with Gasteiger partial charge in [-0.15, -0.1) is 0 Å². The van der Waals surface area contributed by atoms with Gasteiger partial charge >= 0.3 is 18.4 Å². The summed E-state index contributed by atoms with van der Waals surface area (Å²) < 4.78 is 46.4. The number of fused-ring (bicyclic) bond motifs is 3. The largest absolute Gasteiger partial charge is 0.509 e. The van der Waals surface area contributed by atoms with Crippen molar-refractivity contribution in [3.05, 3.63) is 12.4 Å². The summed E-state index contributed by atoms with van der Waals surface area (Å²) in [7, 11) is 0. The number of halogens is 1. The summed E-state index contributed by atoms with van der Waals surface area (Å²) in [6.45, 7) is 1.52. The molecule has 0 aromatic carbocycles. The van der Waals surface area contributed by atoms with E-state index in [2.05, 4.69) is 15.0 Å². The Balaban J connectivity index is 0.928. The first kappa shape index (κ1) is 29.9. The zero-order valence-corrected chi connectivity index (χ0v) is 26.9. The summed E-state index contributed by atoms with van der Waals surface area (Å²) in [4.78, 5) is 38.6. The van der Waals surface area contributed by atoms with Crippen LogP contribution in [0.2, 0.25) is 0 Å². The summed E-state index contributed by atoms with van der Waals surface area (Å²) >= 11 is 0. The summed E-state index contributed by atoms with van der Waals surface area (Å²) in [5, 5.41) is 0. The van der Waals surface area contributed by atoms with Crippen molar-refractivity contribution >= 4 is 29.3 Å². The second kappa shape index (κ2) is 10.6. The lowest BCUT2D eigenvalue weighted by Crippen LogP contribution is -2.53. The van der Waals surface area contributed by atoms with E-state index < -0.39 is 47.5 Å². The Hall–Kier alpha value is -3.22. The number of hydrogen-bond acceptors (Lipinski definition) is 11. The summed E-state index contributed by atoms with van der Waals surface area (Å²) in [6, 6.07) is 0. The average Bonchev–Trinajstić information content (AvgIpc) is 3.55. The SMILES string of the molecule is C[C@]1(COC(=O)OC23CCC4CCC(CC4C2)C3)O[C@@H](n2cnc3c(N)nc(F)nc32)C[C@@H]1OC(=O)OC12CC3CC(CC(C3)C1)C2. The van der Waals surface area contributed by atoms with Crippen molar-refractivity contribution in [3.8, 4) is 0 Å². The number of nitrogens with two attached hydrogens (primary N) is 1. The van der Waals surface area contributed by atoms with Gasteiger partial charge in [-0.3, -0.25) is 4.57 Å². The van der Waals surface area contributed by atoms with Crippen LogP contribution in [0, 0.1) is 41.6 Å². The van der Waals surface area contributed by atoms with Gasteiger partial charge in [-0.1, -0.05) is 6.42 Å². The van der Waals surface area contributed by atoms with Crippen LogP contribution in [0.4, 0.5) is 19.8 Å². The van der Waals surface area contributed by atoms with Gasteiger partial charge in [0.05, 0.1) is 6.33 Å². The van der Waals surface area contributed by atoms with Crippen LogP contribution in [-0.2, 0) is 23.7 Å². The Labute approximate surface area is 272 Å². The van der Waals surface area contributed by atoms with E-state index in [0.29, 0.717) is 29.6 Å². The number of ether oxygens (including phenoxy) is 5. The quantitative estimate of drug-likeness (QED) is 0.279. The lowest BCUT2D eigenvalue weighted by molar-refractivity contribution is -0.165. The molecule has 2 N–H and O–H groups in total. The molecular weight excluding hydrogens is 609 g/mol. The molecule has 7 saturated carbocycles. The molecule has 7 atom stereocenters. The third-order valence-electron chi connectivity index (χ3n) is 13.0. The molecule has 254 valence electrons. The molecule has 4 unspecified atom stereocenters. The van der Waals surface area contributed by atoms with Crippen LogP contribution in [0.25, 0.3) is 11.2 Å². The topological polar surface area (TPSA) is 150 Å². The van der Waals surface area contributed by atoms with E-state index in [1.807, 2.05) is 0 Å². The molecule has 47 heavy (non-hydrogen) atoms. The van der Waals surface area contributed by atoms with Crippen LogP contribution in [0.15, 0.2) is 6.33 Å². The number of hydrogen-bond donors (Lipinski definition) is 1. The van der Waals surface area contributed by atoms with Gasteiger partial charge < -0.3 is 29.4 Å². The molecular formula is C34H44FN5O7. The van der Waals surface area contributed by atoms with E-state index in [9.17, 15) is 14.0 Å². The molecule has 0 radical (unpaired) electrons. The number of aromatic nitrogens is 4. The first-order valence-electron chi connectivity index (χ1n) is 17.6. The molecule has 2 aromatic heterocycles. The average molecular weight is 654 g/mol. The van der Waals surface area contributed by atoms with Crippen molar-refractivity contribution < 1.29 is 37.7 Å². The molecule has 10 rings (SSSR count). The van der Waals surface area contributed by atoms with Crippen LogP contribution in [0.3, 0.4) is 0 Å². The predicted octanol–water partition coefficient (Wildman–Crippen LogP) is 6.23. The normalized spacial score (nSPS) is 42.9. The van der Waals surface area contributed by atoms with E-state index in [0.717, 1.165) is 50.9 Å². The zero-order chi connectivity index (χ0) is 32.1. The Morgan fingerprint density at radius 3 is 2.40 bits per heavy atom. The van der Waals surface area contributed by atoms with Gasteiger partial charge in [-0.05, 0) is 119 Å². The van der Waals surface area contributed by atoms with Crippen LogP contribution in [0.5, 0.6) is 0 Å². The van der Waals surface area contributed by atoms with E-state index in [1.54, 1.807) is 11.5 Å². The first-order valence-corrected chi connectivity index (χ1v) is 17.6. The lowest BCUT2D eigenvalue weighted by Gasteiger charge is -2.55. The fraction of sp³-hybridized carbons (Fsp3) is 0.794. The van der Waals surface area contributed by atoms with Crippen molar-refractivity contribution in [3.63, 3.8) is 0 Å². The van der Waals surface area contributed by atoms with E-state index >= 15 is 0 Å². The van der Waals surface area contributed by atoms with Gasteiger partial charge in [-0.2, -0.15) is 14.4 Å². The summed E-state index contributed by atoms with van der Waals surface area (Å²) in [6.07, 6.45) is 11.3. The zero-order valence-electron chi connectivity index (χ0n) is 26.9. The smallest absolute Gasteiger partial charge is 0.431 e. The van der Waals surface area contributed by atoms with Crippen molar-refractivity contribution in [2.75, 3.05) is 12.3 Å². The number of nitrogens with zero attached hydrogens (tertiary/aromatic N) is 4. The maximum absolute atomic E-state index is 14.2. The number of carbonyl (C=O) groups excluding carboxylic acids is 2. The number of imidazole rings is 1. The Kier molecular flexibility index (Phi) is 6.76. The number of nitrogen functional groups attached to an aromatic ring is 1. The molecule has 1 aliphatic heterocycles. The highest BCUT2D eigenvalue weighted by molar-refractivity contribution is 5.81. The van der Waals surface area contributed by atoms with Crippen molar-refractivity contribution in [1.82, 2.24) is 19.5 Å². The van der Waals surface area contributed by atoms with E-state index in [4.69, 9.17) is 29.4 Å². The van der Waals surface area contributed by atoms with Crippen LogP contribution >= 0.6 is 0 Å². The minimum atomic E-state index is -1.27. The molecule has 2 aromatic rings. The van der Waals surface area contributed by atoms with Gasteiger partial charge in [-0.25, -0.2) is 14.6 Å². The monoisotopic (exact) mass is 653 g/mol. The predicted molar refractivity (Wildman–Crippen MR) is 163 cm³/mol. The molecule has 0 spiro atoms. The van der Waals surface area contributed by atoms with Gasteiger partial charge in [0.15, 0.2) is 17.0 Å². The fourth-order valence-electron chi connectivity index (χ4n) is 11.5. The fourth-order valence-corrected chi connectivity index (χ4v) is 11.5. The van der Waals surface area contributed by atoms with E-state index in [-0.39, 0.29) is 30.0 Å². The number of rotatable bonds is 6. The summed E-state index contributed by atoms with van der Waals surface area (Å²) in [5.41, 5.74) is 4.06. The molecule has 12 nitrogen and oxygen atoms in total. The molecule has 13 heteroatoms. The number of anilines is 1. The second-order valence-electron chi connectivity index (χ2n) is 16.4. The summed E-state index contributed by atoms with van der Waals surface area (Å²) in [5.74, 6) is 3.66. The van der Waals surface area contributed by atoms with Gasteiger partial charge in [0, 0.05) is 6.42 Å². The molecule has 3 heterocycles. The molecule has 7 aliphatic carbocycles.